The maximum Gasteiger partial charge on any atom is 0.387 e. The summed E-state index contributed by atoms with van der Waals surface area (Å²) in [5.74, 6) is -1.37. The van der Waals surface area contributed by atoms with E-state index < -0.39 is 25.0 Å². The highest BCUT2D eigenvalue weighted by atomic mass is 79.9. The Morgan fingerprint density at radius 2 is 1.68 bits per heavy atom. The molecule has 8 heteroatoms. The zero-order chi connectivity index (χ0) is 18.4. The minimum atomic E-state index is -3.01. The molecule has 0 bridgehead atoms. The molecule has 0 amide bonds. The minimum absolute atomic E-state index is 0.0228. The molecule has 0 fully saturated rings. The Morgan fingerprint density at radius 3 is 2.28 bits per heavy atom. The van der Waals surface area contributed by atoms with E-state index in [1.54, 1.807) is 24.3 Å². The molecule has 0 saturated heterocycles. The third-order valence-electron chi connectivity index (χ3n) is 3.12. The van der Waals surface area contributed by atoms with Crippen LogP contribution in [-0.4, -0.2) is 32.1 Å². The van der Waals surface area contributed by atoms with E-state index in [0.29, 0.717) is 5.56 Å². The van der Waals surface area contributed by atoms with Crippen LogP contribution < -0.4 is 9.47 Å². The first-order chi connectivity index (χ1) is 11.9. The summed E-state index contributed by atoms with van der Waals surface area (Å²) in [4.78, 5) is 24.0. The van der Waals surface area contributed by atoms with Gasteiger partial charge in [0.05, 0.1) is 12.7 Å². The molecule has 0 spiro atoms. The van der Waals surface area contributed by atoms with Crippen LogP contribution in [0.1, 0.15) is 20.7 Å². The maximum absolute atomic E-state index is 12.3. The second-order valence-electron chi connectivity index (χ2n) is 4.75. The van der Waals surface area contributed by atoms with Crippen LogP contribution in [0.25, 0.3) is 0 Å². The van der Waals surface area contributed by atoms with Crippen LogP contribution in [-0.2, 0) is 4.74 Å². The van der Waals surface area contributed by atoms with Crippen LogP contribution in [0.3, 0.4) is 0 Å². The number of alkyl halides is 2. The number of rotatable bonds is 7. The molecule has 2 rings (SSSR count). The summed E-state index contributed by atoms with van der Waals surface area (Å²) in [7, 11) is 1.26. The number of halogens is 3. The van der Waals surface area contributed by atoms with E-state index in [2.05, 4.69) is 20.7 Å². The van der Waals surface area contributed by atoms with Crippen molar-refractivity contribution in [2.45, 2.75) is 6.61 Å². The van der Waals surface area contributed by atoms with Crippen molar-refractivity contribution >= 4 is 27.7 Å². The van der Waals surface area contributed by atoms with Crippen molar-refractivity contribution in [1.82, 2.24) is 0 Å². The second kappa shape index (κ2) is 8.57. The van der Waals surface area contributed by atoms with Crippen molar-refractivity contribution in [1.29, 1.82) is 0 Å². The molecule has 0 atom stereocenters. The lowest BCUT2D eigenvalue weighted by molar-refractivity contribution is -0.0512. The number of methoxy groups -OCH3 is 1. The molecule has 5 nitrogen and oxygen atoms in total. The van der Waals surface area contributed by atoms with Crippen molar-refractivity contribution in [3.63, 3.8) is 0 Å². The highest BCUT2D eigenvalue weighted by Gasteiger charge is 2.16. The molecule has 0 saturated carbocycles. The largest absolute Gasteiger partial charge is 0.493 e. The Bertz CT molecular complexity index is 762. The maximum atomic E-state index is 12.3. The SMILES string of the molecule is COc1cc(C(=O)COC(=O)c2ccc(Br)cc2)ccc1OC(F)F. The predicted molar refractivity (Wildman–Crippen MR) is 88.4 cm³/mol. The van der Waals surface area contributed by atoms with Gasteiger partial charge >= 0.3 is 12.6 Å². The van der Waals surface area contributed by atoms with E-state index in [-0.39, 0.29) is 17.1 Å². The summed E-state index contributed by atoms with van der Waals surface area (Å²) in [6.45, 7) is -3.50. The van der Waals surface area contributed by atoms with Crippen LogP contribution in [0.5, 0.6) is 11.5 Å². The van der Waals surface area contributed by atoms with Crippen molar-refractivity contribution in [2.24, 2.45) is 0 Å². The Morgan fingerprint density at radius 1 is 1.04 bits per heavy atom. The summed E-state index contributed by atoms with van der Waals surface area (Å²) < 4.78 is 39.5. The number of ketones is 1. The standard InChI is InChI=1S/C17H13BrF2O5/c1-23-15-8-11(4-7-14(15)25-17(19)20)13(21)9-24-16(22)10-2-5-12(18)6-3-10/h2-8,17H,9H2,1H3. The van der Waals surface area contributed by atoms with Crippen LogP contribution in [0.15, 0.2) is 46.9 Å². The lowest BCUT2D eigenvalue weighted by atomic mass is 10.1. The Balaban J connectivity index is 2.02. The van der Waals surface area contributed by atoms with Gasteiger partial charge in [-0.2, -0.15) is 8.78 Å². The van der Waals surface area contributed by atoms with Crippen LogP contribution in [0.4, 0.5) is 8.78 Å². The van der Waals surface area contributed by atoms with Gasteiger partial charge in [0, 0.05) is 10.0 Å². The first kappa shape index (κ1) is 18.9. The molecule has 2 aromatic carbocycles. The molecule has 0 unspecified atom stereocenters. The van der Waals surface area contributed by atoms with Crippen LogP contribution in [0, 0.1) is 0 Å². The zero-order valence-corrected chi connectivity index (χ0v) is 14.6. The molecule has 2 aromatic rings. The number of carbonyl (C=O) groups excluding carboxylic acids is 2. The van der Waals surface area contributed by atoms with Crippen molar-refractivity contribution in [2.75, 3.05) is 13.7 Å². The van der Waals surface area contributed by atoms with Gasteiger partial charge in [-0.3, -0.25) is 4.79 Å². The fourth-order valence-corrected chi connectivity index (χ4v) is 2.18. The van der Waals surface area contributed by atoms with Crippen LogP contribution >= 0.6 is 15.9 Å². The normalized spacial score (nSPS) is 10.4. The first-order valence-corrected chi connectivity index (χ1v) is 7.78. The highest BCUT2D eigenvalue weighted by molar-refractivity contribution is 9.10. The van der Waals surface area contributed by atoms with E-state index in [1.807, 2.05) is 0 Å². The minimum Gasteiger partial charge on any atom is -0.493 e. The molecule has 0 aromatic heterocycles. The molecule has 0 aliphatic carbocycles. The Kier molecular flexibility index (Phi) is 6.46. The number of hydrogen-bond donors (Lipinski definition) is 0. The number of esters is 1. The molecule has 132 valence electrons. The van der Waals surface area contributed by atoms with E-state index in [0.717, 1.165) is 4.47 Å². The van der Waals surface area contributed by atoms with Gasteiger partial charge in [0.25, 0.3) is 0 Å². The smallest absolute Gasteiger partial charge is 0.387 e. The summed E-state index contributed by atoms with van der Waals surface area (Å²) >= 11 is 3.25. The molecular weight excluding hydrogens is 402 g/mol. The van der Waals surface area contributed by atoms with Crippen molar-refractivity contribution in [3.8, 4) is 11.5 Å². The van der Waals surface area contributed by atoms with E-state index in [9.17, 15) is 18.4 Å². The summed E-state index contributed by atoms with van der Waals surface area (Å²) in [5, 5.41) is 0. The second-order valence-corrected chi connectivity index (χ2v) is 5.67. The number of hydrogen-bond acceptors (Lipinski definition) is 5. The monoisotopic (exact) mass is 414 g/mol. The topological polar surface area (TPSA) is 61.8 Å². The first-order valence-electron chi connectivity index (χ1n) is 6.99. The number of Topliss-reactive ketones (excluding diaryl/α,β-unsaturated/α-hetero) is 1. The van der Waals surface area contributed by atoms with Gasteiger partial charge < -0.3 is 14.2 Å². The lowest BCUT2D eigenvalue weighted by Crippen LogP contribution is -2.14. The third kappa shape index (κ3) is 5.25. The average molecular weight is 415 g/mol. The Hall–Kier alpha value is -2.48. The Labute approximate surface area is 150 Å². The third-order valence-corrected chi connectivity index (χ3v) is 3.64. The van der Waals surface area contributed by atoms with Gasteiger partial charge in [0.1, 0.15) is 0 Å². The summed E-state index contributed by atoms with van der Waals surface area (Å²) in [5.41, 5.74) is 0.441. The van der Waals surface area contributed by atoms with Gasteiger partial charge in [-0.1, -0.05) is 15.9 Å². The lowest BCUT2D eigenvalue weighted by Gasteiger charge is -2.11. The molecule has 0 N–H and O–H groups in total. The molecule has 0 heterocycles. The summed E-state index contributed by atoms with van der Waals surface area (Å²) in [6.07, 6.45) is 0. The zero-order valence-electron chi connectivity index (χ0n) is 13.0. The quantitative estimate of drug-likeness (QED) is 0.504. The van der Waals surface area contributed by atoms with E-state index in [1.165, 1.54) is 25.3 Å². The number of ether oxygens (including phenoxy) is 3. The highest BCUT2D eigenvalue weighted by Crippen LogP contribution is 2.29. The molecule has 0 aliphatic heterocycles. The van der Waals surface area contributed by atoms with Crippen molar-refractivity contribution in [3.05, 3.63) is 58.1 Å². The number of benzene rings is 2. The van der Waals surface area contributed by atoms with E-state index in [4.69, 9.17) is 9.47 Å². The van der Waals surface area contributed by atoms with Gasteiger partial charge in [-0.05, 0) is 42.5 Å². The van der Waals surface area contributed by atoms with Crippen LogP contribution in [0.2, 0.25) is 0 Å². The average Bonchev–Trinajstić information content (AvgIpc) is 2.59. The molecular formula is C17H13BrF2O5. The summed E-state index contributed by atoms with van der Waals surface area (Å²) in [6, 6.07) is 10.2. The van der Waals surface area contributed by atoms with Gasteiger partial charge in [-0.25, -0.2) is 4.79 Å². The fraction of sp³-hybridized carbons (Fsp3) is 0.176. The number of carbonyl (C=O) groups is 2. The molecule has 25 heavy (non-hydrogen) atoms. The fourth-order valence-electron chi connectivity index (χ4n) is 1.92. The van der Waals surface area contributed by atoms with E-state index >= 15 is 0 Å². The van der Waals surface area contributed by atoms with Gasteiger partial charge in [0.15, 0.2) is 23.9 Å². The van der Waals surface area contributed by atoms with Gasteiger partial charge in [0.2, 0.25) is 0 Å². The predicted octanol–water partition coefficient (Wildman–Crippen LogP) is 4.10. The van der Waals surface area contributed by atoms with Gasteiger partial charge in [-0.15, -0.1) is 0 Å². The molecule has 0 aliphatic rings. The molecule has 0 radical (unpaired) electrons. The van der Waals surface area contributed by atoms with Crippen molar-refractivity contribution < 1.29 is 32.6 Å².